The third-order valence-corrected chi connectivity index (χ3v) is 2.29. The summed E-state index contributed by atoms with van der Waals surface area (Å²) in [7, 11) is 1.44. The number of aromatic nitrogens is 2. The number of ether oxygens (including phenoxy) is 1. The van der Waals surface area contributed by atoms with Gasteiger partial charge in [0.2, 0.25) is 5.75 Å². The van der Waals surface area contributed by atoms with Crippen LogP contribution in [0, 0.1) is 9.65 Å². The Morgan fingerprint density at radius 1 is 1.46 bits per heavy atom. The topological polar surface area (TPSA) is 27.1 Å². The molecule has 0 N–H and O–H groups in total. The molecule has 1 heterocycles. The molecule has 0 unspecified atom stereocenters. The van der Waals surface area contributed by atoms with E-state index in [9.17, 15) is 4.39 Å². The monoisotopic (exact) mass is 298 g/mol. The molecule has 0 aliphatic carbocycles. The highest BCUT2D eigenvalue weighted by Gasteiger charge is 2.24. The van der Waals surface area contributed by atoms with Crippen LogP contribution in [-0.2, 0) is 5.54 Å². The zero-order valence-corrected chi connectivity index (χ0v) is 10.2. The van der Waals surface area contributed by atoms with Crippen molar-refractivity contribution in [1.82, 2.24) is 9.78 Å². The average molecular weight is 298 g/mol. The molecule has 0 aliphatic rings. The van der Waals surface area contributed by atoms with Gasteiger partial charge in [-0.25, -0.2) is 4.68 Å². The summed E-state index contributed by atoms with van der Waals surface area (Å²) in [4.78, 5) is 0. The van der Waals surface area contributed by atoms with Crippen molar-refractivity contribution in [2.45, 2.75) is 26.3 Å². The molecule has 0 saturated heterocycles. The van der Waals surface area contributed by atoms with E-state index >= 15 is 0 Å². The van der Waals surface area contributed by atoms with Crippen LogP contribution in [0.4, 0.5) is 4.39 Å². The maximum atomic E-state index is 13.6. The van der Waals surface area contributed by atoms with Gasteiger partial charge < -0.3 is 4.74 Å². The van der Waals surface area contributed by atoms with E-state index < -0.39 is 5.95 Å². The third kappa shape index (κ3) is 1.95. The van der Waals surface area contributed by atoms with Gasteiger partial charge in [-0.15, -0.1) is 0 Å². The lowest BCUT2D eigenvalue weighted by Crippen LogP contribution is -2.24. The van der Waals surface area contributed by atoms with Crippen molar-refractivity contribution < 1.29 is 9.13 Å². The smallest absolute Gasteiger partial charge is 0.255 e. The summed E-state index contributed by atoms with van der Waals surface area (Å²) in [6.45, 7) is 5.66. The Kier molecular flexibility index (Phi) is 2.84. The number of rotatable bonds is 1. The Morgan fingerprint density at radius 2 is 2.00 bits per heavy atom. The summed E-state index contributed by atoms with van der Waals surface area (Å²) in [5.41, 5.74) is -0.360. The van der Waals surface area contributed by atoms with E-state index in [1.807, 2.05) is 43.4 Å². The SMILES string of the molecule is COc1c(I)nn(C(C)(C)C)c1F. The van der Waals surface area contributed by atoms with Crippen molar-refractivity contribution in [1.29, 1.82) is 0 Å². The molecule has 0 bridgehead atoms. The van der Waals surface area contributed by atoms with Gasteiger partial charge in [0, 0.05) is 0 Å². The zero-order chi connectivity index (χ0) is 10.2. The van der Waals surface area contributed by atoms with Gasteiger partial charge in [0.15, 0.2) is 3.70 Å². The maximum absolute atomic E-state index is 13.6. The van der Waals surface area contributed by atoms with Crippen LogP contribution >= 0.6 is 22.6 Å². The van der Waals surface area contributed by atoms with Crippen LogP contribution in [0.2, 0.25) is 0 Å². The first-order chi connectivity index (χ1) is 5.88. The molecule has 0 radical (unpaired) electrons. The van der Waals surface area contributed by atoms with Crippen LogP contribution in [0.5, 0.6) is 5.75 Å². The molecule has 1 aromatic heterocycles. The summed E-state index contributed by atoms with van der Waals surface area (Å²) < 4.78 is 20.3. The van der Waals surface area contributed by atoms with Gasteiger partial charge in [0.1, 0.15) is 0 Å². The fourth-order valence-corrected chi connectivity index (χ4v) is 1.63. The molecule has 13 heavy (non-hydrogen) atoms. The lowest BCUT2D eigenvalue weighted by molar-refractivity contribution is 0.285. The summed E-state index contributed by atoms with van der Waals surface area (Å²) in [6, 6.07) is 0. The number of nitrogens with zero attached hydrogens (tertiary/aromatic N) is 2. The second-order valence-electron chi connectivity index (χ2n) is 3.70. The Balaban J connectivity index is 3.26. The van der Waals surface area contributed by atoms with E-state index in [0.29, 0.717) is 3.70 Å². The maximum Gasteiger partial charge on any atom is 0.255 e. The van der Waals surface area contributed by atoms with Crippen molar-refractivity contribution in [3.8, 4) is 5.75 Å². The predicted molar refractivity (Wildman–Crippen MR) is 56.5 cm³/mol. The van der Waals surface area contributed by atoms with Crippen LogP contribution in [-0.4, -0.2) is 16.9 Å². The predicted octanol–water partition coefficient (Wildman–Crippen LogP) is 2.39. The molecular weight excluding hydrogens is 286 g/mol. The Morgan fingerprint density at radius 3 is 2.23 bits per heavy atom. The van der Waals surface area contributed by atoms with Gasteiger partial charge in [-0.1, -0.05) is 0 Å². The van der Waals surface area contributed by atoms with E-state index in [4.69, 9.17) is 4.74 Å². The minimum Gasteiger partial charge on any atom is -0.490 e. The summed E-state index contributed by atoms with van der Waals surface area (Å²) in [6.07, 6.45) is 0. The van der Waals surface area contributed by atoms with E-state index in [1.165, 1.54) is 11.8 Å². The van der Waals surface area contributed by atoms with Crippen molar-refractivity contribution in [2.24, 2.45) is 0 Å². The van der Waals surface area contributed by atoms with Gasteiger partial charge in [-0.3, -0.25) is 0 Å². The molecule has 0 aromatic carbocycles. The third-order valence-electron chi connectivity index (χ3n) is 1.59. The van der Waals surface area contributed by atoms with Crippen molar-refractivity contribution >= 4 is 22.6 Å². The lowest BCUT2D eigenvalue weighted by atomic mass is 10.1. The normalized spacial score (nSPS) is 11.8. The molecule has 5 heteroatoms. The number of halogens is 2. The highest BCUT2D eigenvalue weighted by atomic mass is 127. The molecule has 0 amide bonds. The Bertz CT molecular complexity index is 317. The molecule has 1 aromatic rings. The molecule has 0 aliphatic heterocycles. The lowest BCUT2D eigenvalue weighted by Gasteiger charge is -2.19. The summed E-state index contributed by atoms with van der Waals surface area (Å²) in [5.74, 6) is -0.199. The van der Waals surface area contributed by atoms with E-state index in [2.05, 4.69) is 5.10 Å². The largest absolute Gasteiger partial charge is 0.490 e. The average Bonchev–Trinajstić information content (AvgIpc) is 2.25. The molecule has 1 rings (SSSR count). The zero-order valence-electron chi connectivity index (χ0n) is 8.06. The quantitative estimate of drug-likeness (QED) is 0.744. The summed E-state index contributed by atoms with van der Waals surface area (Å²) >= 11 is 1.95. The van der Waals surface area contributed by atoms with Gasteiger partial charge >= 0.3 is 0 Å². The van der Waals surface area contributed by atoms with Gasteiger partial charge in [0.05, 0.1) is 12.6 Å². The molecule has 0 atom stereocenters. The molecule has 0 fully saturated rings. The van der Waals surface area contributed by atoms with Crippen LogP contribution < -0.4 is 4.74 Å². The van der Waals surface area contributed by atoms with Crippen LogP contribution in [0.25, 0.3) is 0 Å². The minimum absolute atomic E-state index is 0.218. The second kappa shape index (κ2) is 3.43. The number of methoxy groups -OCH3 is 1. The fourth-order valence-electron chi connectivity index (χ4n) is 0.971. The first kappa shape index (κ1) is 10.7. The molecule has 0 spiro atoms. The number of hydrogen-bond donors (Lipinski definition) is 0. The van der Waals surface area contributed by atoms with Crippen LogP contribution in [0.1, 0.15) is 20.8 Å². The van der Waals surface area contributed by atoms with Crippen molar-refractivity contribution in [3.05, 3.63) is 9.65 Å². The molecule has 3 nitrogen and oxygen atoms in total. The van der Waals surface area contributed by atoms with Crippen LogP contribution in [0.3, 0.4) is 0 Å². The van der Waals surface area contributed by atoms with E-state index in [0.717, 1.165) is 0 Å². The Labute approximate surface area is 90.4 Å². The fraction of sp³-hybridized carbons (Fsp3) is 0.625. The Hall–Kier alpha value is -0.330. The highest BCUT2D eigenvalue weighted by Crippen LogP contribution is 2.27. The first-order valence-corrected chi connectivity index (χ1v) is 4.94. The van der Waals surface area contributed by atoms with Crippen molar-refractivity contribution in [3.63, 3.8) is 0 Å². The standard InChI is InChI=1S/C8H12FIN2O/c1-8(2,3)12-6(9)5(13-4)7(10)11-12/h1-4H3. The summed E-state index contributed by atoms with van der Waals surface area (Å²) in [5, 5.41) is 4.06. The van der Waals surface area contributed by atoms with Gasteiger partial charge in [-0.2, -0.15) is 9.49 Å². The molecular formula is C8H12FIN2O. The minimum atomic E-state index is -0.417. The van der Waals surface area contributed by atoms with Gasteiger partial charge in [0.25, 0.3) is 5.95 Å². The van der Waals surface area contributed by atoms with Crippen LogP contribution in [0.15, 0.2) is 0 Å². The van der Waals surface area contributed by atoms with Crippen molar-refractivity contribution in [2.75, 3.05) is 7.11 Å². The number of hydrogen-bond acceptors (Lipinski definition) is 2. The van der Waals surface area contributed by atoms with Gasteiger partial charge in [-0.05, 0) is 43.4 Å². The second-order valence-corrected chi connectivity index (χ2v) is 4.72. The molecule has 74 valence electrons. The highest BCUT2D eigenvalue weighted by molar-refractivity contribution is 14.1. The first-order valence-electron chi connectivity index (χ1n) is 3.86. The van der Waals surface area contributed by atoms with E-state index in [-0.39, 0.29) is 11.3 Å². The van der Waals surface area contributed by atoms with E-state index in [1.54, 1.807) is 0 Å². The molecule has 0 saturated carbocycles.